The highest BCUT2D eigenvalue weighted by molar-refractivity contribution is 5.77. The fraction of sp³-hybridized carbons (Fsp3) is 0.500. The number of benzene rings is 1. The molecule has 0 spiro atoms. The first-order valence-corrected chi connectivity index (χ1v) is 7.97. The van der Waals surface area contributed by atoms with E-state index in [1.54, 1.807) is 0 Å². The Hall–Kier alpha value is -1.77. The van der Waals surface area contributed by atoms with Crippen LogP contribution in [0.4, 0.5) is 5.82 Å². The molecule has 0 radical (unpaired) electrons. The maximum Gasteiger partial charge on any atom is 0.132 e. The Morgan fingerprint density at radius 1 is 1.19 bits per heavy atom. The van der Waals surface area contributed by atoms with Crippen molar-refractivity contribution >= 4 is 5.82 Å². The van der Waals surface area contributed by atoms with Crippen molar-refractivity contribution in [3.8, 4) is 11.3 Å². The van der Waals surface area contributed by atoms with Gasteiger partial charge in [-0.15, -0.1) is 0 Å². The molecule has 3 rings (SSSR count). The summed E-state index contributed by atoms with van der Waals surface area (Å²) in [5, 5.41) is 0. The number of anilines is 1. The van der Waals surface area contributed by atoms with E-state index in [9.17, 15) is 0 Å². The Bertz CT molecular complexity index is 655. The molecule has 1 saturated carbocycles. The molecule has 1 aliphatic carbocycles. The van der Waals surface area contributed by atoms with E-state index in [0.717, 1.165) is 30.2 Å². The molecule has 112 valence electrons. The topological polar surface area (TPSA) is 43.8 Å². The van der Waals surface area contributed by atoms with E-state index in [1.807, 2.05) is 0 Å². The molecule has 0 bridgehead atoms. The number of imidazole rings is 1. The first-order valence-electron chi connectivity index (χ1n) is 7.97. The van der Waals surface area contributed by atoms with Crippen LogP contribution in [0.3, 0.4) is 0 Å². The zero-order valence-electron chi connectivity index (χ0n) is 13.5. The second-order valence-electron chi connectivity index (χ2n) is 6.39. The lowest BCUT2D eigenvalue weighted by Gasteiger charge is -2.11. The van der Waals surface area contributed by atoms with Gasteiger partial charge in [0.2, 0.25) is 0 Å². The molecule has 1 aliphatic rings. The van der Waals surface area contributed by atoms with Crippen LogP contribution in [0.2, 0.25) is 0 Å². The zero-order valence-corrected chi connectivity index (χ0v) is 13.5. The minimum Gasteiger partial charge on any atom is -0.383 e. The van der Waals surface area contributed by atoms with Gasteiger partial charge in [-0.1, -0.05) is 24.6 Å². The Labute approximate surface area is 127 Å². The second kappa shape index (κ2) is 5.21. The van der Waals surface area contributed by atoms with Gasteiger partial charge in [0.15, 0.2) is 0 Å². The summed E-state index contributed by atoms with van der Waals surface area (Å²) in [6.07, 6.45) is 4.59. The van der Waals surface area contributed by atoms with Crippen LogP contribution in [0.15, 0.2) is 12.1 Å². The highest BCUT2D eigenvalue weighted by Crippen LogP contribution is 2.42. The Morgan fingerprint density at radius 2 is 1.81 bits per heavy atom. The third-order valence-electron chi connectivity index (χ3n) is 4.32. The summed E-state index contributed by atoms with van der Waals surface area (Å²) < 4.78 is 2.29. The van der Waals surface area contributed by atoms with Crippen molar-refractivity contribution in [2.24, 2.45) is 0 Å². The molecule has 2 N–H and O–H groups in total. The third kappa shape index (κ3) is 2.45. The van der Waals surface area contributed by atoms with Gasteiger partial charge in [0.25, 0.3) is 0 Å². The molecule has 0 amide bonds. The molecule has 21 heavy (non-hydrogen) atoms. The molecule has 1 aromatic heterocycles. The van der Waals surface area contributed by atoms with Gasteiger partial charge in [0, 0.05) is 18.0 Å². The van der Waals surface area contributed by atoms with Crippen molar-refractivity contribution in [3.63, 3.8) is 0 Å². The van der Waals surface area contributed by atoms with Gasteiger partial charge in [0.1, 0.15) is 17.3 Å². The third-order valence-corrected chi connectivity index (χ3v) is 4.32. The van der Waals surface area contributed by atoms with Crippen molar-refractivity contribution in [2.75, 3.05) is 5.73 Å². The number of aryl methyl sites for hydroxylation is 4. The highest BCUT2D eigenvalue weighted by Gasteiger charge is 2.30. The predicted molar refractivity (Wildman–Crippen MR) is 88.6 cm³/mol. The number of nitrogen functional groups attached to an aromatic ring is 1. The molecular weight excluding hydrogens is 258 g/mol. The van der Waals surface area contributed by atoms with Crippen LogP contribution in [0.1, 0.15) is 54.7 Å². The van der Waals surface area contributed by atoms with Crippen LogP contribution in [-0.4, -0.2) is 9.55 Å². The molecule has 0 aliphatic heterocycles. The van der Waals surface area contributed by atoms with E-state index in [-0.39, 0.29) is 0 Å². The van der Waals surface area contributed by atoms with Crippen LogP contribution in [-0.2, 0) is 6.42 Å². The van der Waals surface area contributed by atoms with Gasteiger partial charge in [-0.3, -0.25) is 0 Å². The average Bonchev–Trinajstić information content (AvgIpc) is 3.16. The van der Waals surface area contributed by atoms with Crippen LogP contribution in [0.25, 0.3) is 11.3 Å². The molecule has 1 heterocycles. The summed E-state index contributed by atoms with van der Waals surface area (Å²) in [5.74, 6) is 2.02. The second-order valence-corrected chi connectivity index (χ2v) is 6.39. The lowest BCUT2D eigenvalue weighted by atomic mass is 9.97. The molecule has 1 aromatic carbocycles. The van der Waals surface area contributed by atoms with Crippen molar-refractivity contribution in [2.45, 2.75) is 59.4 Å². The summed E-state index contributed by atoms with van der Waals surface area (Å²) >= 11 is 0. The molecule has 0 saturated heterocycles. The highest BCUT2D eigenvalue weighted by atomic mass is 15.2. The van der Waals surface area contributed by atoms with Gasteiger partial charge >= 0.3 is 0 Å². The Balaban J connectivity index is 2.17. The minimum absolute atomic E-state index is 0.582. The maximum absolute atomic E-state index is 6.48. The summed E-state index contributed by atoms with van der Waals surface area (Å²) in [6.45, 7) is 8.65. The average molecular weight is 283 g/mol. The van der Waals surface area contributed by atoms with Gasteiger partial charge in [-0.2, -0.15) is 0 Å². The van der Waals surface area contributed by atoms with Gasteiger partial charge in [-0.25, -0.2) is 4.98 Å². The fourth-order valence-corrected chi connectivity index (χ4v) is 3.37. The van der Waals surface area contributed by atoms with E-state index in [0.29, 0.717) is 6.04 Å². The first-order chi connectivity index (χ1) is 10.0. The lowest BCUT2D eigenvalue weighted by molar-refractivity contribution is 0.676. The quantitative estimate of drug-likeness (QED) is 0.906. The molecule has 3 nitrogen and oxygen atoms in total. The van der Waals surface area contributed by atoms with Crippen LogP contribution < -0.4 is 5.73 Å². The number of nitrogens with zero attached hydrogens (tertiary/aromatic N) is 2. The number of hydrogen-bond acceptors (Lipinski definition) is 2. The standard InChI is InChI=1S/C18H25N3/c1-5-6-15-20-17(18(19)21(15)14-7-8-14)16-12(3)9-11(2)10-13(16)4/h9-10,14H,5-8,19H2,1-4H3. The maximum atomic E-state index is 6.48. The Morgan fingerprint density at radius 3 is 2.33 bits per heavy atom. The molecule has 2 aromatic rings. The zero-order chi connectivity index (χ0) is 15.1. The van der Waals surface area contributed by atoms with E-state index >= 15 is 0 Å². The van der Waals surface area contributed by atoms with Crippen LogP contribution in [0, 0.1) is 20.8 Å². The Kier molecular flexibility index (Phi) is 3.52. The van der Waals surface area contributed by atoms with Gasteiger partial charge in [-0.05, 0) is 51.2 Å². The minimum atomic E-state index is 0.582. The van der Waals surface area contributed by atoms with E-state index in [4.69, 9.17) is 10.7 Å². The molecule has 0 atom stereocenters. The largest absolute Gasteiger partial charge is 0.383 e. The normalized spacial score (nSPS) is 14.7. The summed E-state index contributed by atoms with van der Waals surface area (Å²) in [4.78, 5) is 4.92. The lowest BCUT2D eigenvalue weighted by Crippen LogP contribution is -2.05. The monoisotopic (exact) mass is 283 g/mol. The number of hydrogen-bond donors (Lipinski definition) is 1. The summed E-state index contributed by atoms with van der Waals surface area (Å²) in [7, 11) is 0. The molecule has 3 heteroatoms. The predicted octanol–water partition coefficient (Wildman–Crippen LogP) is 4.34. The summed E-state index contributed by atoms with van der Waals surface area (Å²) in [6, 6.07) is 5.02. The SMILES string of the molecule is CCCc1nc(-c2c(C)cc(C)cc2C)c(N)n1C1CC1. The van der Waals surface area contributed by atoms with Crippen LogP contribution >= 0.6 is 0 Å². The molecule has 0 unspecified atom stereocenters. The molecular formula is C18H25N3. The number of rotatable bonds is 4. The van der Waals surface area contributed by atoms with Gasteiger partial charge < -0.3 is 10.3 Å². The smallest absolute Gasteiger partial charge is 0.132 e. The van der Waals surface area contributed by atoms with Crippen molar-refractivity contribution in [3.05, 3.63) is 34.6 Å². The molecule has 1 fully saturated rings. The number of aromatic nitrogens is 2. The number of nitrogens with two attached hydrogens (primary N) is 1. The fourth-order valence-electron chi connectivity index (χ4n) is 3.37. The summed E-state index contributed by atoms with van der Waals surface area (Å²) in [5.41, 5.74) is 12.5. The first kappa shape index (κ1) is 14.2. The van der Waals surface area contributed by atoms with E-state index < -0.39 is 0 Å². The van der Waals surface area contributed by atoms with Crippen molar-refractivity contribution < 1.29 is 0 Å². The van der Waals surface area contributed by atoms with Crippen molar-refractivity contribution in [1.82, 2.24) is 9.55 Å². The van der Waals surface area contributed by atoms with Gasteiger partial charge in [0.05, 0.1) is 0 Å². The van der Waals surface area contributed by atoms with E-state index in [2.05, 4.69) is 44.4 Å². The van der Waals surface area contributed by atoms with E-state index in [1.165, 1.54) is 35.1 Å². The van der Waals surface area contributed by atoms with Crippen LogP contribution in [0.5, 0.6) is 0 Å². The van der Waals surface area contributed by atoms with Crippen molar-refractivity contribution in [1.29, 1.82) is 0 Å².